The van der Waals surface area contributed by atoms with Crippen molar-refractivity contribution in [2.24, 2.45) is 7.05 Å². The SMILES string of the molecule is CNc1ncnc(Nc2ccn(C)n2)c1Br. The zero-order valence-corrected chi connectivity index (χ0v) is 10.5. The summed E-state index contributed by atoms with van der Waals surface area (Å²) >= 11 is 3.42. The molecule has 0 amide bonds. The van der Waals surface area contributed by atoms with Crippen molar-refractivity contribution < 1.29 is 0 Å². The van der Waals surface area contributed by atoms with Crippen LogP contribution in [0.3, 0.4) is 0 Å². The molecule has 0 bridgehead atoms. The van der Waals surface area contributed by atoms with Gasteiger partial charge in [-0.05, 0) is 15.9 Å². The summed E-state index contributed by atoms with van der Waals surface area (Å²) in [4.78, 5) is 8.20. The topological polar surface area (TPSA) is 67.7 Å². The van der Waals surface area contributed by atoms with E-state index < -0.39 is 0 Å². The molecule has 0 spiro atoms. The highest BCUT2D eigenvalue weighted by Gasteiger charge is 2.08. The van der Waals surface area contributed by atoms with Crippen LogP contribution in [0.25, 0.3) is 0 Å². The zero-order chi connectivity index (χ0) is 11.5. The maximum absolute atomic E-state index is 4.21. The summed E-state index contributed by atoms with van der Waals surface area (Å²) in [5.74, 6) is 2.15. The summed E-state index contributed by atoms with van der Waals surface area (Å²) in [5, 5.41) is 10.3. The fraction of sp³-hybridized carbons (Fsp3) is 0.222. The van der Waals surface area contributed by atoms with E-state index in [-0.39, 0.29) is 0 Å². The quantitative estimate of drug-likeness (QED) is 0.898. The third-order valence-corrected chi connectivity index (χ3v) is 2.74. The number of hydrogen-bond acceptors (Lipinski definition) is 5. The Kier molecular flexibility index (Phi) is 3.04. The minimum absolute atomic E-state index is 0.679. The Hall–Kier alpha value is -1.63. The van der Waals surface area contributed by atoms with Gasteiger partial charge >= 0.3 is 0 Å². The minimum Gasteiger partial charge on any atom is -0.372 e. The Morgan fingerprint density at radius 1 is 1.31 bits per heavy atom. The number of aromatic nitrogens is 4. The predicted octanol–water partition coefficient (Wildman–Crippen LogP) is 1.76. The molecule has 0 aromatic carbocycles. The highest BCUT2D eigenvalue weighted by Crippen LogP contribution is 2.27. The second-order valence-corrected chi connectivity index (χ2v) is 3.93. The Balaban J connectivity index is 2.28. The van der Waals surface area contributed by atoms with Gasteiger partial charge in [0.25, 0.3) is 0 Å². The molecule has 2 N–H and O–H groups in total. The molecule has 2 rings (SSSR count). The summed E-state index contributed by atoms with van der Waals surface area (Å²) in [6.45, 7) is 0. The molecular weight excluding hydrogens is 272 g/mol. The van der Waals surface area contributed by atoms with Crippen molar-refractivity contribution in [1.29, 1.82) is 0 Å². The summed E-state index contributed by atoms with van der Waals surface area (Å²) < 4.78 is 2.50. The van der Waals surface area contributed by atoms with Crippen molar-refractivity contribution in [2.75, 3.05) is 17.7 Å². The van der Waals surface area contributed by atoms with Gasteiger partial charge < -0.3 is 10.6 Å². The van der Waals surface area contributed by atoms with Gasteiger partial charge in [0.15, 0.2) is 11.6 Å². The molecule has 0 aliphatic heterocycles. The molecule has 7 heteroatoms. The van der Waals surface area contributed by atoms with Crippen LogP contribution >= 0.6 is 15.9 Å². The van der Waals surface area contributed by atoms with E-state index >= 15 is 0 Å². The summed E-state index contributed by atoms with van der Waals surface area (Å²) in [6.07, 6.45) is 3.35. The Morgan fingerprint density at radius 2 is 2.06 bits per heavy atom. The van der Waals surface area contributed by atoms with Gasteiger partial charge in [0.2, 0.25) is 0 Å². The van der Waals surface area contributed by atoms with Crippen LogP contribution in [0.5, 0.6) is 0 Å². The fourth-order valence-corrected chi connectivity index (χ4v) is 1.74. The van der Waals surface area contributed by atoms with Crippen molar-refractivity contribution in [3.8, 4) is 0 Å². The molecule has 0 saturated carbocycles. The van der Waals surface area contributed by atoms with Gasteiger partial charge in [-0.25, -0.2) is 9.97 Å². The van der Waals surface area contributed by atoms with Crippen LogP contribution in [0.15, 0.2) is 23.1 Å². The fourth-order valence-electron chi connectivity index (χ4n) is 1.23. The molecule has 2 aromatic rings. The van der Waals surface area contributed by atoms with Gasteiger partial charge in [0, 0.05) is 26.4 Å². The highest BCUT2D eigenvalue weighted by atomic mass is 79.9. The smallest absolute Gasteiger partial charge is 0.153 e. The van der Waals surface area contributed by atoms with Gasteiger partial charge in [-0.1, -0.05) is 0 Å². The monoisotopic (exact) mass is 282 g/mol. The number of nitrogens with zero attached hydrogens (tertiary/aromatic N) is 4. The molecular formula is C9H11BrN6. The average molecular weight is 283 g/mol. The largest absolute Gasteiger partial charge is 0.372 e. The number of anilines is 3. The van der Waals surface area contributed by atoms with Crippen LogP contribution in [0, 0.1) is 0 Å². The third-order valence-electron chi connectivity index (χ3n) is 1.99. The van der Waals surface area contributed by atoms with Gasteiger partial charge in [-0.2, -0.15) is 5.10 Å². The molecule has 0 saturated heterocycles. The van der Waals surface area contributed by atoms with Crippen LogP contribution < -0.4 is 10.6 Å². The molecule has 0 atom stereocenters. The molecule has 0 aliphatic rings. The maximum atomic E-state index is 4.21. The molecule has 0 radical (unpaired) electrons. The number of rotatable bonds is 3. The second kappa shape index (κ2) is 4.48. The average Bonchev–Trinajstić information content (AvgIpc) is 2.67. The van der Waals surface area contributed by atoms with Crippen LogP contribution in [-0.4, -0.2) is 26.8 Å². The molecule has 84 valence electrons. The Labute approximate surface area is 101 Å². The number of aryl methyl sites for hydroxylation is 1. The van der Waals surface area contributed by atoms with E-state index in [1.165, 1.54) is 6.33 Å². The van der Waals surface area contributed by atoms with E-state index in [9.17, 15) is 0 Å². The molecule has 0 unspecified atom stereocenters. The van der Waals surface area contributed by atoms with Crippen molar-refractivity contribution >= 4 is 33.4 Å². The lowest BCUT2D eigenvalue weighted by atomic mass is 10.5. The number of nitrogens with one attached hydrogen (secondary N) is 2. The lowest BCUT2D eigenvalue weighted by Gasteiger charge is -2.07. The first-order chi connectivity index (χ1) is 7.70. The summed E-state index contributed by atoms with van der Waals surface area (Å²) in [6, 6.07) is 1.87. The van der Waals surface area contributed by atoms with Gasteiger partial charge in [0.1, 0.15) is 16.6 Å². The van der Waals surface area contributed by atoms with Crippen molar-refractivity contribution in [1.82, 2.24) is 19.7 Å². The van der Waals surface area contributed by atoms with E-state index in [1.54, 1.807) is 11.7 Å². The first-order valence-corrected chi connectivity index (χ1v) is 5.45. The molecule has 6 nitrogen and oxygen atoms in total. The van der Waals surface area contributed by atoms with Crippen LogP contribution in [0.2, 0.25) is 0 Å². The number of halogens is 1. The zero-order valence-electron chi connectivity index (χ0n) is 8.90. The first-order valence-electron chi connectivity index (χ1n) is 4.65. The standard InChI is InChI=1S/C9H11BrN6/c1-11-8-7(10)9(13-5-12-8)14-6-3-4-16(2)15-6/h3-5H,1-2H3,(H2,11,12,13,14,15). The molecule has 2 heterocycles. The number of hydrogen-bond donors (Lipinski definition) is 2. The van der Waals surface area contributed by atoms with E-state index in [0.29, 0.717) is 5.82 Å². The second-order valence-electron chi connectivity index (χ2n) is 3.13. The molecule has 0 fully saturated rings. The van der Waals surface area contributed by atoms with Crippen LogP contribution in [0.4, 0.5) is 17.5 Å². The van der Waals surface area contributed by atoms with E-state index in [2.05, 4.69) is 41.6 Å². The lowest BCUT2D eigenvalue weighted by Crippen LogP contribution is -2.01. The van der Waals surface area contributed by atoms with Crippen molar-refractivity contribution in [2.45, 2.75) is 0 Å². The van der Waals surface area contributed by atoms with Gasteiger partial charge in [-0.3, -0.25) is 4.68 Å². The maximum Gasteiger partial charge on any atom is 0.153 e. The molecule has 2 aromatic heterocycles. The van der Waals surface area contributed by atoms with E-state index in [4.69, 9.17) is 0 Å². The normalized spacial score (nSPS) is 10.2. The van der Waals surface area contributed by atoms with Crippen molar-refractivity contribution in [3.05, 3.63) is 23.1 Å². The van der Waals surface area contributed by atoms with Crippen LogP contribution in [-0.2, 0) is 7.05 Å². The van der Waals surface area contributed by atoms with E-state index in [1.807, 2.05) is 19.3 Å². The summed E-state index contributed by atoms with van der Waals surface area (Å²) in [7, 11) is 3.66. The Bertz CT molecular complexity index is 494. The lowest BCUT2D eigenvalue weighted by molar-refractivity contribution is 0.771. The van der Waals surface area contributed by atoms with Crippen LogP contribution in [0.1, 0.15) is 0 Å². The van der Waals surface area contributed by atoms with Crippen molar-refractivity contribution in [3.63, 3.8) is 0 Å². The predicted molar refractivity (Wildman–Crippen MR) is 65.8 cm³/mol. The van der Waals surface area contributed by atoms with Gasteiger partial charge in [-0.15, -0.1) is 0 Å². The minimum atomic E-state index is 0.679. The summed E-state index contributed by atoms with van der Waals surface area (Å²) in [5.41, 5.74) is 0. The Morgan fingerprint density at radius 3 is 2.69 bits per heavy atom. The van der Waals surface area contributed by atoms with Gasteiger partial charge in [0.05, 0.1) is 0 Å². The molecule has 16 heavy (non-hydrogen) atoms. The highest BCUT2D eigenvalue weighted by molar-refractivity contribution is 9.10. The third kappa shape index (κ3) is 2.13. The van der Waals surface area contributed by atoms with E-state index in [0.717, 1.165) is 16.1 Å². The first kappa shape index (κ1) is 10.9. The molecule has 0 aliphatic carbocycles.